The molecule has 71 heavy (non-hydrogen) atoms. The zero-order chi connectivity index (χ0) is 48.7. The Bertz CT molecular complexity index is 3460. The zero-order valence-corrected chi connectivity index (χ0v) is 39.2. The summed E-state index contributed by atoms with van der Waals surface area (Å²) in [6.45, 7) is 0. The van der Waals surface area contributed by atoms with Crippen LogP contribution in [0.25, 0.3) is 55.6 Å². The van der Waals surface area contributed by atoms with Gasteiger partial charge in [0.25, 0.3) is 0 Å². The predicted molar refractivity (Wildman–Crippen MR) is 274 cm³/mol. The van der Waals surface area contributed by atoms with Gasteiger partial charge in [-0.2, -0.15) is 16.8 Å². The second kappa shape index (κ2) is 18.1. The quantitative estimate of drug-likeness (QED) is 0.113. The number of hydrogen-bond donors (Lipinski definition) is 0. The third-order valence-electron chi connectivity index (χ3n) is 12.9. The van der Waals surface area contributed by atoms with Gasteiger partial charge in [-0.05, 0) is 128 Å². The number of hydrogen-bond acceptors (Lipinski definition) is 6. The second-order valence-electron chi connectivity index (χ2n) is 17.1. The molecule has 0 fully saturated rings. The molecule has 6 nitrogen and oxygen atoms in total. The first-order valence-electron chi connectivity index (χ1n) is 22.7. The minimum absolute atomic E-state index is 0.0647. The Balaban J connectivity index is 1.28. The van der Waals surface area contributed by atoms with Crippen molar-refractivity contribution in [1.29, 1.82) is 0 Å². The van der Waals surface area contributed by atoms with E-state index < -0.39 is 37.3 Å². The van der Waals surface area contributed by atoms with E-state index >= 15 is 0 Å². The van der Waals surface area contributed by atoms with Crippen molar-refractivity contribution >= 4 is 20.2 Å². The molecule has 1 aliphatic rings. The molecule has 11 rings (SSSR count). The molecular formula is C61H40F2O6S2. The van der Waals surface area contributed by atoms with Crippen LogP contribution >= 0.6 is 0 Å². The Kier molecular flexibility index (Phi) is 11.5. The first-order chi connectivity index (χ1) is 34.5. The molecule has 0 radical (unpaired) electrons. The average Bonchev–Trinajstić information content (AvgIpc) is 3.71. The van der Waals surface area contributed by atoms with E-state index in [-0.39, 0.29) is 21.3 Å². The maximum atomic E-state index is 14.4. The molecule has 0 spiro atoms. The third kappa shape index (κ3) is 8.16. The molecule has 0 atom stereocenters. The number of rotatable bonds is 12. The van der Waals surface area contributed by atoms with Crippen LogP contribution in [0, 0.1) is 11.6 Å². The predicted octanol–water partition coefficient (Wildman–Crippen LogP) is 14.5. The molecule has 0 bridgehead atoms. The lowest BCUT2D eigenvalue weighted by Crippen LogP contribution is -2.29. The van der Waals surface area contributed by atoms with Gasteiger partial charge in [-0.3, -0.25) is 0 Å². The van der Waals surface area contributed by atoms with E-state index in [2.05, 4.69) is 24.3 Å². The van der Waals surface area contributed by atoms with Gasteiger partial charge in [-0.1, -0.05) is 170 Å². The summed E-state index contributed by atoms with van der Waals surface area (Å²) in [6, 6.07) is 70.9. The lowest BCUT2D eigenvalue weighted by molar-refractivity contribution is 0.485. The topological polar surface area (TPSA) is 86.7 Å². The van der Waals surface area contributed by atoms with E-state index in [0.717, 1.165) is 57.6 Å². The van der Waals surface area contributed by atoms with E-state index in [9.17, 15) is 25.6 Å². The SMILES string of the molecule is O=S(=O)(Oc1c(-c2ccccc2)cc(C2(c3cc(-c4ccccc4)c(OS(=O)(=O)c4ccc(F)cc4)c(-c4ccccc4)c3)c3ccccc3-c3ccccc32)cc1-c1ccccc1)c1ccc(F)cc1. The standard InChI is InChI=1S/C61H40F2O6S2/c62-47-29-33-49(34-30-47)70(64,65)68-59-53(41-17-5-1-6-18-41)37-45(38-54(59)42-19-7-2-8-20-42)61(57-27-15-13-25-51(57)52-26-14-16-28-58(52)61)46-39-55(43-21-9-3-10-22-43)60(56(40-46)44-23-11-4-12-24-44)69-71(66,67)50-35-31-48(63)32-36-50/h1-40H. The van der Waals surface area contributed by atoms with Gasteiger partial charge in [0.1, 0.15) is 21.4 Å². The van der Waals surface area contributed by atoms with Gasteiger partial charge in [-0.15, -0.1) is 0 Å². The molecule has 0 N–H and O–H groups in total. The summed E-state index contributed by atoms with van der Waals surface area (Å²) in [6.07, 6.45) is 0. The Labute approximate surface area is 411 Å². The Hall–Kier alpha value is -8.44. The normalized spacial score (nSPS) is 12.7. The van der Waals surface area contributed by atoms with Crippen molar-refractivity contribution in [2.75, 3.05) is 0 Å². The fourth-order valence-electron chi connectivity index (χ4n) is 9.74. The van der Waals surface area contributed by atoms with Gasteiger partial charge < -0.3 is 8.37 Å². The highest BCUT2D eigenvalue weighted by atomic mass is 32.2. The Morgan fingerprint density at radius 3 is 0.873 bits per heavy atom. The summed E-state index contributed by atoms with van der Waals surface area (Å²) in [5.41, 5.74) is 8.54. The minimum atomic E-state index is -4.55. The van der Waals surface area contributed by atoms with Crippen molar-refractivity contribution in [3.63, 3.8) is 0 Å². The van der Waals surface area contributed by atoms with Crippen molar-refractivity contribution in [2.24, 2.45) is 0 Å². The van der Waals surface area contributed by atoms with Crippen molar-refractivity contribution in [3.8, 4) is 67.1 Å². The minimum Gasteiger partial charge on any atom is -0.378 e. The molecule has 0 aromatic heterocycles. The molecule has 10 aromatic rings. The smallest absolute Gasteiger partial charge is 0.339 e. The summed E-state index contributed by atoms with van der Waals surface area (Å²) < 4.78 is 98.6. The molecule has 10 aromatic carbocycles. The maximum Gasteiger partial charge on any atom is 0.339 e. The summed E-state index contributed by atoms with van der Waals surface area (Å²) in [7, 11) is -9.10. The van der Waals surface area contributed by atoms with Crippen LogP contribution in [0.1, 0.15) is 22.3 Å². The molecule has 0 amide bonds. The maximum absolute atomic E-state index is 14.4. The second-order valence-corrected chi connectivity index (χ2v) is 20.2. The van der Waals surface area contributed by atoms with E-state index in [1.54, 1.807) is 0 Å². The first-order valence-corrected chi connectivity index (χ1v) is 25.5. The highest BCUT2D eigenvalue weighted by Gasteiger charge is 2.48. The van der Waals surface area contributed by atoms with Gasteiger partial charge in [-0.25, -0.2) is 8.78 Å². The highest BCUT2D eigenvalue weighted by Crippen LogP contribution is 2.59. The van der Waals surface area contributed by atoms with Gasteiger partial charge in [0.15, 0.2) is 11.5 Å². The number of fused-ring (bicyclic) bond motifs is 3. The molecule has 0 unspecified atom stereocenters. The van der Waals surface area contributed by atoms with Crippen molar-refractivity contribution in [2.45, 2.75) is 15.2 Å². The van der Waals surface area contributed by atoms with Crippen LogP contribution in [-0.2, 0) is 25.7 Å². The summed E-state index contributed by atoms with van der Waals surface area (Å²) in [5, 5.41) is 0. The van der Waals surface area contributed by atoms with Crippen molar-refractivity contribution in [1.82, 2.24) is 0 Å². The lowest BCUT2D eigenvalue weighted by atomic mass is 9.66. The average molecular weight is 971 g/mol. The van der Waals surface area contributed by atoms with Crippen LogP contribution in [0.15, 0.2) is 252 Å². The molecule has 10 heteroatoms. The van der Waals surface area contributed by atoms with Crippen LogP contribution in [-0.4, -0.2) is 16.8 Å². The number of benzene rings is 10. The van der Waals surface area contributed by atoms with Crippen LogP contribution in [0.2, 0.25) is 0 Å². The molecule has 0 heterocycles. The van der Waals surface area contributed by atoms with Gasteiger partial charge in [0, 0.05) is 22.3 Å². The lowest BCUT2D eigenvalue weighted by Gasteiger charge is -2.36. The van der Waals surface area contributed by atoms with E-state index in [1.165, 1.54) is 24.3 Å². The van der Waals surface area contributed by atoms with Gasteiger partial charge in [0.05, 0.1) is 5.41 Å². The zero-order valence-electron chi connectivity index (χ0n) is 37.6. The summed E-state index contributed by atoms with van der Waals surface area (Å²) in [4.78, 5) is -0.441. The third-order valence-corrected chi connectivity index (χ3v) is 15.4. The molecular weight excluding hydrogens is 931 g/mol. The monoisotopic (exact) mass is 970 g/mol. The van der Waals surface area contributed by atoms with Crippen LogP contribution in [0.3, 0.4) is 0 Å². The van der Waals surface area contributed by atoms with E-state index in [0.29, 0.717) is 44.5 Å². The number of halogens is 2. The molecule has 1 aliphatic carbocycles. The molecule has 346 valence electrons. The van der Waals surface area contributed by atoms with Crippen molar-refractivity contribution < 1.29 is 34.0 Å². The molecule has 0 aliphatic heterocycles. The Morgan fingerprint density at radius 1 is 0.310 bits per heavy atom. The highest BCUT2D eigenvalue weighted by molar-refractivity contribution is 7.87. The van der Waals surface area contributed by atoms with E-state index in [4.69, 9.17) is 8.37 Å². The fraction of sp³-hybridized carbons (Fsp3) is 0.0164. The van der Waals surface area contributed by atoms with Crippen LogP contribution < -0.4 is 8.37 Å². The largest absolute Gasteiger partial charge is 0.378 e. The van der Waals surface area contributed by atoms with E-state index in [1.807, 2.05) is 170 Å². The summed E-state index contributed by atoms with van der Waals surface area (Å²) in [5.74, 6) is -1.05. The molecule has 0 saturated heterocycles. The Morgan fingerprint density at radius 2 is 0.577 bits per heavy atom. The van der Waals surface area contributed by atoms with Crippen LogP contribution in [0.4, 0.5) is 8.78 Å². The first kappa shape index (κ1) is 45.0. The van der Waals surface area contributed by atoms with Gasteiger partial charge in [0.2, 0.25) is 0 Å². The summed E-state index contributed by atoms with van der Waals surface area (Å²) >= 11 is 0. The molecule has 0 saturated carbocycles. The van der Waals surface area contributed by atoms with Crippen molar-refractivity contribution in [3.05, 3.63) is 277 Å². The fourth-order valence-corrected chi connectivity index (χ4v) is 11.7. The van der Waals surface area contributed by atoms with Gasteiger partial charge >= 0.3 is 20.2 Å². The van der Waals surface area contributed by atoms with Crippen LogP contribution in [0.5, 0.6) is 11.5 Å².